The highest BCUT2D eigenvalue weighted by atomic mass is 19.1. The minimum Gasteiger partial charge on any atom is -0.494 e. The van der Waals surface area contributed by atoms with Crippen molar-refractivity contribution in [3.63, 3.8) is 0 Å². The van der Waals surface area contributed by atoms with E-state index in [0.29, 0.717) is 5.56 Å². The first kappa shape index (κ1) is 14.8. The molecular weight excluding hydrogens is 259 g/mol. The zero-order chi connectivity index (χ0) is 14.7. The minimum absolute atomic E-state index is 0.000736. The van der Waals surface area contributed by atoms with Gasteiger partial charge in [-0.3, -0.25) is 4.79 Å². The minimum atomic E-state index is -0.528. The van der Waals surface area contributed by atoms with Crippen LogP contribution in [-0.4, -0.2) is 37.0 Å². The molecule has 1 amide bonds. The van der Waals surface area contributed by atoms with E-state index in [1.807, 2.05) is 0 Å². The number of rotatable bonds is 3. The molecular formula is C15H21FN2O2. The van der Waals surface area contributed by atoms with E-state index in [-0.39, 0.29) is 23.7 Å². The third-order valence-electron chi connectivity index (χ3n) is 4.00. The van der Waals surface area contributed by atoms with Gasteiger partial charge < -0.3 is 15.4 Å². The molecule has 2 unspecified atom stereocenters. The van der Waals surface area contributed by atoms with E-state index in [1.165, 1.54) is 19.2 Å². The molecule has 0 radical (unpaired) electrons. The normalized spacial score (nSPS) is 22.4. The van der Waals surface area contributed by atoms with Crippen LogP contribution in [0.2, 0.25) is 0 Å². The van der Waals surface area contributed by atoms with Crippen molar-refractivity contribution < 1.29 is 13.9 Å². The molecule has 20 heavy (non-hydrogen) atoms. The molecule has 1 aliphatic carbocycles. The molecule has 1 aromatic rings. The summed E-state index contributed by atoms with van der Waals surface area (Å²) in [7, 11) is 3.13. The van der Waals surface area contributed by atoms with E-state index in [4.69, 9.17) is 10.5 Å². The standard InChI is InChI=1S/C15H21FN2O2/c1-18(13-6-4-3-5-12(13)17)15(19)10-7-8-14(20-2)11(16)9-10/h7-9,12-13H,3-6,17H2,1-2H3. The Morgan fingerprint density at radius 3 is 2.70 bits per heavy atom. The number of benzene rings is 1. The van der Waals surface area contributed by atoms with Crippen molar-refractivity contribution >= 4 is 5.91 Å². The van der Waals surface area contributed by atoms with Crippen LogP contribution in [0, 0.1) is 5.82 Å². The van der Waals surface area contributed by atoms with Crippen molar-refractivity contribution in [2.24, 2.45) is 5.73 Å². The molecule has 4 nitrogen and oxygen atoms in total. The van der Waals surface area contributed by atoms with Crippen molar-refractivity contribution in [1.82, 2.24) is 4.90 Å². The molecule has 1 aliphatic rings. The summed E-state index contributed by atoms with van der Waals surface area (Å²) in [5.41, 5.74) is 6.41. The molecule has 0 aliphatic heterocycles. The Bertz CT molecular complexity index is 493. The molecule has 5 heteroatoms. The maximum absolute atomic E-state index is 13.7. The summed E-state index contributed by atoms with van der Waals surface area (Å²) >= 11 is 0. The van der Waals surface area contributed by atoms with Crippen LogP contribution in [0.15, 0.2) is 18.2 Å². The number of hydrogen-bond donors (Lipinski definition) is 1. The van der Waals surface area contributed by atoms with Gasteiger partial charge in [0.25, 0.3) is 5.91 Å². The Morgan fingerprint density at radius 2 is 2.10 bits per heavy atom. The lowest BCUT2D eigenvalue weighted by atomic mass is 9.90. The van der Waals surface area contributed by atoms with Crippen LogP contribution in [0.3, 0.4) is 0 Å². The summed E-state index contributed by atoms with van der Waals surface area (Å²) in [6, 6.07) is 4.29. The van der Waals surface area contributed by atoms with Crippen molar-refractivity contribution in [3.8, 4) is 5.75 Å². The first-order valence-corrected chi connectivity index (χ1v) is 6.91. The Morgan fingerprint density at radius 1 is 1.40 bits per heavy atom. The van der Waals surface area contributed by atoms with Crippen molar-refractivity contribution in [3.05, 3.63) is 29.6 Å². The van der Waals surface area contributed by atoms with Gasteiger partial charge in [0, 0.05) is 24.7 Å². The van der Waals surface area contributed by atoms with Gasteiger partial charge in [0.15, 0.2) is 11.6 Å². The first-order chi connectivity index (χ1) is 9.54. The average molecular weight is 280 g/mol. The second-order valence-electron chi connectivity index (χ2n) is 5.28. The zero-order valence-electron chi connectivity index (χ0n) is 11.9. The lowest BCUT2D eigenvalue weighted by Crippen LogP contribution is -2.50. The number of nitrogens with two attached hydrogens (primary N) is 1. The lowest BCUT2D eigenvalue weighted by molar-refractivity contribution is 0.0671. The fourth-order valence-corrected chi connectivity index (χ4v) is 2.77. The van der Waals surface area contributed by atoms with Gasteiger partial charge in [0.05, 0.1) is 7.11 Å². The van der Waals surface area contributed by atoms with Crippen LogP contribution in [0.25, 0.3) is 0 Å². The average Bonchev–Trinajstić information content (AvgIpc) is 2.46. The Kier molecular flexibility index (Phi) is 4.60. The quantitative estimate of drug-likeness (QED) is 0.923. The Balaban J connectivity index is 2.15. The monoisotopic (exact) mass is 280 g/mol. The molecule has 1 aromatic carbocycles. The maximum Gasteiger partial charge on any atom is 0.254 e. The van der Waals surface area contributed by atoms with Crippen LogP contribution in [0.5, 0.6) is 5.75 Å². The van der Waals surface area contributed by atoms with Gasteiger partial charge in [-0.05, 0) is 31.0 Å². The van der Waals surface area contributed by atoms with Crippen LogP contribution in [0.1, 0.15) is 36.0 Å². The van der Waals surface area contributed by atoms with Crippen LogP contribution >= 0.6 is 0 Å². The van der Waals surface area contributed by atoms with Gasteiger partial charge in [-0.25, -0.2) is 4.39 Å². The number of ether oxygens (including phenoxy) is 1. The van der Waals surface area contributed by atoms with Crippen molar-refractivity contribution in [2.45, 2.75) is 37.8 Å². The summed E-state index contributed by atoms with van der Waals surface area (Å²) in [4.78, 5) is 14.0. The molecule has 0 spiro atoms. The highest BCUT2D eigenvalue weighted by Gasteiger charge is 2.29. The first-order valence-electron chi connectivity index (χ1n) is 6.91. The molecule has 0 saturated heterocycles. The van der Waals surface area contributed by atoms with E-state index < -0.39 is 5.82 Å². The SMILES string of the molecule is COc1ccc(C(=O)N(C)C2CCCCC2N)cc1F. The third-order valence-corrected chi connectivity index (χ3v) is 4.00. The fourth-order valence-electron chi connectivity index (χ4n) is 2.77. The maximum atomic E-state index is 13.7. The van der Waals surface area contributed by atoms with Gasteiger partial charge in [0.1, 0.15) is 0 Å². The number of likely N-dealkylation sites (N-methyl/N-ethyl adjacent to an activating group) is 1. The van der Waals surface area contributed by atoms with E-state index in [1.54, 1.807) is 18.0 Å². The number of methoxy groups -OCH3 is 1. The lowest BCUT2D eigenvalue weighted by Gasteiger charge is -2.36. The van der Waals surface area contributed by atoms with E-state index >= 15 is 0 Å². The van der Waals surface area contributed by atoms with E-state index in [2.05, 4.69) is 0 Å². The van der Waals surface area contributed by atoms with Crippen molar-refractivity contribution in [2.75, 3.05) is 14.2 Å². The predicted molar refractivity (Wildman–Crippen MR) is 75.3 cm³/mol. The summed E-state index contributed by atoms with van der Waals surface area (Å²) < 4.78 is 18.5. The van der Waals surface area contributed by atoms with E-state index in [0.717, 1.165) is 25.7 Å². The number of halogens is 1. The van der Waals surface area contributed by atoms with Crippen LogP contribution in [0.4, 0.5) is 4.39 Å². The zero-order valence-corrected chi connectivity index (χ0v) is 11.9. The summed E-state index contributed by atoms with van der Waals surface area (Å²) in [5, 5.41) is 0. The van der Waals surface area contributed by atoms with Gasteiger partial charge >= 0.3 is 0 Å². The van der Waals surface area contributed by atoms with Crippen LogP contribution in [-0.2, 0) is 0 Å². The Labute approximate surface area is 118 Å². The highest BCUT2D eigenvalue weighted by Crippen LogP contribution is 2.24. The molecule has 1 fully saturated rings. The number of carbonyl (C=O) groups is 1. The molecule has 2 rings (SSSR count). The number of hydrogen-bond acceptors (Lipinski definition) is 3. The van der Waals surface area contributed by atoms with Crippen LogP contribution < -0.4 is 10.5 Å². The summed E-state index contributed by atoms with van der Waals surface area (Å²) in [6.45, 7) is 0. The van der Waals surface area contributed by atoms with Gasteiger partial charge in [0.2, 0.25) is 0 Å². The summed E-state index contributed by atoms with van der Waals surface area (Å²) in [5.74, 6) is -0.591. The largest absolute Gasteiger partial charge is 0.494 e. The third kappa shape index (κ3) is 2.93. The second-order valence-corrected chi connectivity index (χ2v) is 5.28. The van der Waals surface area contributed by atoms with Crippen molar-refractivity contribution in [1.29, 1.82) is 0 Å². The van der Waals surface area contributed by atoms with E-state index in [9.17, 15) is 9.18 Å². The molecule has 0 bridgehead atoms. The molecule has 0 aromatic heterocycles. The number of nitrogens with zero attached hydrogens (tertiary/aromatic N) is 1. The summed E-state index contributed by atoms with van der Waals surface area (Å²) in [6.07, 6.45) is 4.02. The van der Waals surface area contributed by atoms with Gasteiger partial charge in [-0.15, -0.1) is 0 Å². The molecule has 2 N–H and O–H groups in total. The number of carbonyl (C=O) groups excluding carboxylic acids is 1. The topological polar surface area (TPSA) is 55.6 Å². The van der Waals surface area contributed by atoms with Gasteiger partial charge in [-0.1, -0.05) is 12.8 Å². The highest BCUT2D eigenvalue weighted by molar-refractivity contribution is 5.94. The number of amides is 1. The molecule has 110 valence electrons. The smallest absolute Gasteiger partial charge is 0.254 e. The second kappa shape index (κ2) is 6.22. The molecule has 1 saturated carbocycles. The predicted octanol–water partition coefficient (Wildman–Crippen LogP) is 2.18. The molecule has 0 heterocycles. The fraction of sp³-hybridized carbons (Fsp3) is 0.533. The van der Waals surface area contributed by atoms with Gasteiger partial charge in [-0.2, -0.15) is 0 Å². The Hall–Kier alpha value is -1.62. The molecule has 2 atom stereocenters.